The van der Waals surface area contributed by atoms with E-state index in [2.05, 4.69) is 39.6 Å². The number of hydrogen-bond donors (Lipinski definition) is 2. The van der Waals surface area contributed by atoms with Gasteiger partial charge in [0.25, 0.3) is 0 Å². The second kappa shape index (κ2) is 9.05. The summed E-state index contributed by atoms with van der Waals surface area (Å²) in [5.74, 6) is 0.901. The van der Waals surface area contributed by atoms with Crippen LogP contribution in [0.4, 0.5) is 0 Å². The third-order valence-electron chi connectivity index (χ3n) is 3.89. The number of likely N-dealkylation sites (tertiary alicyclic amines) is 1. The van der Waals surface area contributed by atoms with Crippen LogP contribution < -0.4 is 10.6 Å². The molecular weight excluding hydrogens is 280 g/mol. The van der Waals surface area contributed by atoms with Crippen molar-refractivity contribution in [3.8, 4) is 0 Å². The highest BCUT2D eigenvalue weighted by Gasteiger charge is 2.09. The van der Waals surface area contributed by atoms with Gasteiger partial charge in [-0.1, -0.05) is 13.3 Å². The fraction of sp³-hybridized carbons (Fsp3) is 0.688. The molecule has 0 amide bonds. The van der Waals surface area contributed by atoms with E-state index in [0.717, 1.165) is 32.0 Å². The van der Waals surface area contributed by atoms with Crippen LogP contribution in [0, 0.1) is 0 Å². The number of guanidine groups is 1. The lowest BCUT2D eigenvalue weighted by molar-refractivity contribution is 0.232. The van der Waals surface area contributed by atoms with Gasteiger partial charge in [-0.15, -0.1) is 11.3 Å². The van der Waals surface area contributed by atoms with Crippen molar-refractivity contribution in [2.45, 2.75) is 39.2 Å². The molecule has 0 aliphatic carbocycles. The zero-order valence-corrected chi connectivity index (χ0v) is 14.1. The number of piperidine rings is 1. The summed E-state index contributed by atoms with van der Waals surface area (Å²) in [6.07, 6.45) is 5.22. The Morgan fingerprint density at radius 1 is 1.19 bits per heavy atom. The van der Waals surface area contributed by atoms with Gasteiger partial charge < -0.3 is 15.5 Å². The Morgan fingerprint density at radius 2 is 1.95 bits per heavy atom. The van der Waals surface area contributed by atoms with Crippen molar-refractivity contribution in [1.29, 1.82) is 0 Å². The highest BCUT2D eigenvalue weighted by molar-refractivity contribution is 7.11. The SMILES string of the molecule is CCc1ccc(CNC(=NC)NCCN2CCCCC2)s1. The molecule has 1 aliphatic rings. The molecule has 1 aromatic heterocycles. The predicted octanol–water partition coefficient (Wildman–Crippen LogP) is 2.46. The van der Waals surface area contributed by atoms with Gasteiger partial charge in [0, 0.05) is 29.9 Å². The van der Waals surface area contributed by atoms with E-state index in [0.29, 0.717) is 0 Å². The van der Waals surface area contributed by atoms with E-state index in [-0.39, 0.29) is 0 Å². The van der Waals surface area contributed by atoms with Gasteiger partial charge in [0.05, 0.1) is 6.54 Å². The lowest BCUT2D eigenvalue weighted by atomic mass is 10.1. The number of hydrogen-bond acceptors (Lipinski definition) is 3. The summed E-state index contributed by atoms with van der Waals surface area (Å²) in [7, 11) is 1.84. The molecular formula is C16H28N4S. The third kappa shape index (κ3) is 5.67. The molecule has 21 heavy (non-hydrogen) atoms. The average molecular weight is 308 g/mol. The minimum absolute atomic E-state index is 0.855. The van der Waals surface area contributed by atoms with Crippen molar-refractivity contribution in [2.24, 2.45) is 4.99 Å². The van der Waals surface area contributed by atoms with Gasteiger partial charge >= 0.3 is 0 Å². The molecule has 2 heterocycles. The summed E-state index contributed by atoms with van der Waals surface area (Å²) in [5.41, 5.74) is 0. The fourth-order valence-corrected chi connectivity index (χ4v) is 3.51. The highest BCUT2D eigenvalue weighted by Crippen LogP contribution is 2.16. The maximum atomic E-state index is 4.29. The van der Waals surface area contributed by atoms with Crippen LogP contribution in [0.1, 0.15) is 35.9 Å². The van der Waals surface area contributed by atoms with E-state index in [1.807, 2.05) is 18.4 Å². The molecule has 4 nitrogen and oxygen atoms in total. The summed E-state index contributed by atoms with van der Waals surface area (Å²) in [5, 5.41) is 6.80. The van der Waals surface area contributed by atoms with E-state index >= 15 is 0 Å². The predicted molar refractivity (Wildman–Crippen MR) is 92.2 cm³/mol. The average Bonchev–Trinajstić information content (AvgIpc) is 3.00. The minimum atomic E-state index is 0.855. The minimum Gasteiger partial charge on any atom is -0.355 e. The highest BCUT2D eigenvalue weighted by atomic mass is 32.1. The first kappa shape index (κ1) is 16.3. The van der Waals surface area contributed by atoms with Crippen molar-refractivity contribution < 1.29 is 0 Å². The first-order valence-electron chi connectivity index (χ1n) is 8.06. The Balaban J connectivity index is 1.65. The van der Waals surface area contributed by atoms with Crippen molar-refractivity contribution in [3.63, 3.8) is 0 Å². The van der Waals surface area contributed by atoms with Crippen LogP contribution in [0.15, 0.2) is 17.1 Å². The molecule has 5 heteroatoms. The Hall–Kier alpha value is -1.07. The van der Waals surface area contributed by atoms with Crippen LogP contribution in [-0.2, 0) is 13.0 Å². The Bertz CT molecular complexity index is 435. The number of nitrogens with zero attached hydrogens (tertiary/aromatic N) is 2. The molecule has 1 saturated heterocycles. The first-order valence-corrected chi connectivity index (χ1v) is 8.88. The zero-order valence-electron chi connectivity index (χ0n) is 13.3. The smallest absolute Gasteiger partial charge is 0.191 e. The number of thiophene rings is 1. The van der Waals surface area contributed by atoms with E-state index in [9.17, 15) is 0 Å². The fourth-order valence-electron chi connectivity index (χ4n) is 2.61. The van der Waals surface area contributed by atoms with Gasteiger partial charge in [-0.05, 0) is 44.5 Å². The van der Waals surface area contributed by atoms with Gasteiger partial charge in [-0.3, -0.25) is 4.99 Å². The summed E-state index contributed by atoms with van der Waals surface area (Å²) >= 11 is 1.88. The van der Waals surface area contributed by atoms with Gasteiger partial charge in [0.1, 0.15) is 0 Å². The van der Waals surface area contributed by atoms with E-state index in [4.69, 9.17) is 0 Å². The van der Waals surface area contributed by atoms with Crippen LogP contribution in [0.3, 0.4) is 0 Å². The Morgan fingerprint density at radius 3 is 2.62 bits per heavy atom. The Labute approximate surface area is 132 Å². The van der Waals surface area contributed by atoms with Crippen molar-refractivity contribution >= 4 is 17.3 Å². The summed E-state index contributed by atoms with van der Waals surface area (Å²) in [6, 6.07) is 4.42. The van der Waals surface area contributed by atoms with E-state index in [1.165, 1.54) is 42.1 Å². The second-order valence-electron chi connectivity index (χ2n) is 5.48. The number of nitrogens with one attached hydrogen (secondary N) is 2. The first-order chi connectivity index (χ1) is 10.3. The molecule has 0 radical (unpaired) electrons. The topological polar surface area (TPSA) is 39.7 Å². The van der Waals surface area contributed by atoms with Gasteiger partial charge in [-0.2, -0.15) is 0 Å². The molecule has 0 unspecified atom stereocenters. The molecule has 0 spiro atoms. The third-order valence-corrected chi connectivity index (χ3v) is 5.12. The monoisotopic (exact) mass is 308 g/mol. The van der Waals surface area contributed by atoms with Crippen LogP contribution >= 0.6 is 11.3 Å². The molecule has 0 atom stereocenters. The maximum absolute atomic E-state index is 4.29. The molecule has 2 rings (SSSR count). The lowest BCUT2D eigenvalue weighted by Gasteiger charge is -2.26. The number of aliphatic imine (C=N–C) groups is 1. The quantitative estimate of drug-likeness (QED) is 0.626. The van der Waals surface area contributed by atoms with Crippen molar-refractivity contribution in [1.82, 2.24) is 15.5 Å². The zero-order chi connectivity index (χ0) is 14.9. The van der Waals surface area contributed by atoms with Gasteiger partial charge in [0.2, 0.25) is 0 Å². The molecule has 0 bridgehead atoms. The molecule has 0 saturated carbocycles. The molecule has 1 aromatic rings. The second-order valence-corrected chi connectivity index (χ2v) is 6.73. The largest absolute Gasteiger partial charge is 0.355 e. The van der Waals surface area contributed by atoms with E-state index < -0.39 is 0 Å². The molecule has 0 aromatic carbocycles. The number of rotatable bonds is 6. The summed E-state index contributed by atoms with van der Waals surface area (Å²) < 4.78 is 0. The van der Waals surface area contributed by atoms with Crippen LogP contribution in [-0.4, -0.2) is 44.1 Å². The summed E-state index contributed by atoms with van der Waals surface area (Å²) in [4.78, 5) is 9.64. The van der Waals surface area contributed by atoms with Crippen molar-refractivity contribution in [3.05, 3.63) is 21.9 Å². The molecule has 2 N–H and O–H groups in total. The molecule has 1 aliphatic heterocycles. The van der Waals surface area contributed by atoms with E-state index in [1.54, 1.807) is 0 Å². The van der Waals surface area contributed by atoms with Crippen LogP contribution in [0.25, 0.3) is 0 Å². The molecule has 118 valence electrons. The van der Waals surface area contributed by atoms with Crippen molar-refractivity contribution in [2.75, 3.05) is 33.2 Å². The van der Waals surface area contributed by atoms with Gasteiger partial charge in [0.15, 0.2) is 5.96 Å². The summed E-state index contributed by atoms with van der Waals surface area (Å²) in [6.45, 7) is 7.63. The van der Waals surface area contributed by atoms with Crippen LogP contribution in [0.2, 0.25) is 0 Å². The number of aryl methyl sites for hydroxylation is 1. The lowest BCUT2D eigenvalue weighted by Crippen LogP contribution is -2.42. The standard InChI is InChI=1S/C16H28N4S/c1-3-14-7-8-15(21-14)13-19-16(17-2)18-9-12-20-10-5-4-6-11-20/h7-8H,3-6,9-13H2,1-2H3,(H2,17,18,19). The van der Waals surface area contributed by atoms with Gasteiger partial charge in [-0.25, -0.2) is 0 Å². The van der Waals surface area contributed by atoms with Crippen LogP contribution in [0.5, 0.6) is 0 Å². The maximum Gasteiger partial charge on any atom is 0.191 e. The molecule has 1 fully saturated rings. The Kier molecular flexibility index (Phi) is 7.03. The normalized spacial score (nSPS) is 17.0.